The number of aliphatic carboxylic acids is 1. The van der Waals surface area contributed by atoms with Crippen LogP contribution in [-0.4, -0.2) is 53.8 Å². The summed E-state index contributed by atoms with van der Waals surface area (Å²) in [6.45, 7) is 0.147. The minimum Gasteiger partial charge on any atom is -0.481 e. The van der Waals surface area contributed by atoms with Gasteiger partial charge < -0.3 is 10.4 Å². The molecule has 0 spiro atoms. The maximum absolute atomic E-state index is 12.6. The first-order valence-electron chi connectivity index (χ1n) is 5.94. The molecule has 1 atom stereocenters. The van der Waals surface area contributed by atoms with E-state index >= 15 is 0 Å². The number of hydrogen-bond donors (Lipinski definition) is 2. The SMILES string of the molecule is O=C(O)CC1C(=O)NCCN1S(=O)(=O)c1cncc(Br)c1. The fourth-order valence-corrected chi connectivity index (χ4v) is 4.10. The topological polar surface area (TPSA) is 117 Å². The van der Waals surface area contributed by atoms with Crippen LogP contribution in [0.2, 0.25) is 0 Å². The van der Waals surface area contributed by atoms with Crippen molar-refractivity contribution in [1.82, 2.24) is 14.6 Å². The fourth-order valence-electron chi connectivity index (χ4n) is 2.01. The van der Waals surface area contributed by atoms with Crippen LogP contribution in [-0.2, 0) is 19.6 Å². The normalized spacial score (nSPS) is 20.0. The lowest BCUT2D eigenvalue weighted by Gasteiger charge is -2.33. The van der Waals surface area contributed by atoms with E-state index in [1.54, 1.807) is 0 Å². The van der Waals surface area contributed by atoms with Crippen molar-refractivity contribution in [3.8, 4) is 0 Å². The monoisotopic (exact) mass is 377 g/mol. The highest BCUT2D eigenvalue weighted by atomic mass is 79.9. The molecule has 0 bridgehead atoms. The summed E-state index contributed by atoms with van der Waals surface area (Å²) in [4.78, 5) is 26.3. The number of carboxylic acids is 1. The van der Waals surface area contributed by atoms with Gasteiger partial charge in [0, 0.05) is 30.0 Å². The molecule has 1 aromatic rings. The molecule has 1 amide bonds. The van der Waals surface area contributed by atoms with Crippen molar-refractivity contribution in [3.05, 3.63) is 22.9 Å². The van der Waals surface area contributed by atoms with Crippen LogP contribution < -0.4 is 5.32 Å². The van der Waals surface area contributed by atoms with E-state index in [0.717, 1.165) is 10.5 Å². The zero-order chi connectivity index (χ0) is 15.6. The van der Waals surface area contributed by atoms with Crippen LogP contribution in [0.4, 0.5) is 0 Å². The second-order valence-corrected chi connectivity index (χ2v) is 7.17. The van der Waals surface area contributed by atoms with E-state index < -0.39 is 34.4 Å². The predicted molar refractivity (Wildman–Crippen MR) is 74.9 cm³/mol. The van der Waals surface area contributed by atoms with E-state index in [1.807, 2.05) is 0 Å². The molecule has 0 aliphatic carbocycles. The van der Waals surface area contributed by atoms with Crippen LogP contribution >= 0.6 is 15.9 Å². The summed E-state index contributed by atoms with van der Waals surface area (Å²) in [6, 6.07) is 0.0902. The molecule has 114 valence electrons. The number of rotatable bonds is 4. The van der Waals surface area contributed by atoms with Crippen LogP contribution in [0.5, 0.6) is 0 Å². The first-order chi connectivity index (χ1) is 9.82. The Morgan fingerprint density at radius 3 is 2.86 bits per heavy atom. The highest BCUT2D eigenvalue weighted by Crippen LogP contribution is 2.23. The van der Waals surface area contributed by atoms with Gasteiger partial charge in [-0.05, 0) is 22.0 Å². The molecule has 0 saturated carbocycles. The summed E-state index contributed by atoms with van der Waals surface area (Å²) >= 11 is 3.13. The van der Waals surface area contributed by atoms with Crippen molar-refractivity contribution >= 4 is 37.8 Å². The van der Waals surface area contributed by atoms with Gasteiger partial charge in [0.15, 0.2) is 0 Å². The first-order valence-corrected chi connectivity index (χ1v) is 8.17. The molecular weight excluding hydrogens is 366 g/mol. The van der Waals surface area contributed by atoms with Crippen molar-refractivity contribution in [2.45, 2.75) is 17.4 Å². The van der Waals surface area contributed by atoms with Crippen molar-refractivity contribution in [3.63, 3.8) is 0 Å². The molecule has 2 N–H and O–H groups in total. The van der Waals surface area contributed by atoms with Crippen LogP contribution in [0.1, 0.15) is 6.42 Å². The number of aromatic nitrogens is 1. The third-order valence-electron chi connectivity index (χ3n) is 2.94. The molecule has 1 aromatic heterocycles. The summed E-state index contributed by atoms with van der Waals surface area (Å²) in [5.74, 6) is -1.86. The largest absolute Gasteiger partial charge is 0.481 e. The maximum Gasteiger partial charge on any atom is 0.305 e. The number of piperazine rings is 1. The van der Waals surface area contributed by atoms with E-state index in [4.69, 9.17) is 5.11 Å². The minimum atomic E-state index is -4.00. The van der Waals surface area contributed by atoms with E-state index in [1.165, 1.54) is 12.3 Å². The molecule has 2 rings (SSSR count). The predicted octanol–water partition coefficient (Wildman–Crippen LogP) is -0.192. The van der Waals surface area contributed by atoms with Crippen molar-refractivity contribution in [1.29, 1.82) is 0 Å². The quantitative estimate of drug-likeness (QED) is 0.750. The molecule has 0 radical (unpaired) electrons. The second-order valence-electron chi connectivity index (χ2n) is 4.36. The third kappa shape index (κ3) is 3.39. The van der Waals surface area contributed by atoms with Gasteiger partial charge in [-0.2, -0.15) is 4.31 Å². The number of carbonyl (C=O) groups is 2. The van der Waals surface area contributed by atoms with Gasteiger partial charge >= 0.3 is 5.97 Å². The lowest BCUT2D eigenvalue weighted by Crippen LogP contribution is -2.57. The number of halogens is 1. The number of carboxylic acid groups (broad SMARTS) is 1. The van der Waals surface area contributed by atoms with Crippen molar-refractivity contribution in [2.24, 2.45) is 0 Å². The molecule has 1 saturated heterocycles. The fraction of sp³-hybridized carbons (Fsp3) is 0.364. The Bertz CT molecular complexity index is 678. The van der Waals surface area contributed by atoms with Gasteiger partial charge in [0.25, 0.3) is 0 Å². The lowest BCUT2D eigenvalue weighted by molar-refractivity contribution is -0.141. The van der Waals surface area contributed by atoms with Crippen LogP contribution in [0.25, 0.3) is 0 Å². The highest BCUT2D eigenvalue weighted by molar-refractivity contribution is 9.10. The van der Waals surface area contributed by atoms with E-state index in [9.17, 15) is 18.0 Å². The van der Waals surface area contributed by atoms with Gasteiger partial charge in [-0.25, -0.2) is 8.42 Å². The van der Waals surface area contributed by atoms with Gasteiger partial charge in [0.05, 0.1) is 6.42 Å². The zero-order valence-electron chi connectivity index (χ0n) is 10.7. The van der Waals surface area contributed by atoms with Gasteiger partial charge in [0.1, 0.15) is 10.9 Å². The van der Waals surface area contributed by atoms with Crippen LogP contribution in [0.15, 0.2) is 27.8 Å². The summed E-state index contributed by atoms with van der Waals surface area (Å²) in [7, 11) is -4.00. The molecule has 1 unspecified atom stereocenters. The Labute approximate surface area is 129 Å². The molecule has 8 nitrogen and oxygen atoms in total. The minimum absolute atomic E-state index is 0.0124. The Balaban J connectivity index is 2.40. The smallest absolute Gasteiger partial charge is 0.305 e. The van der Waals surface area contributed by atoms with Gasteiger partial charge in [-0.3, -0.25) is 14.6 Å². The molecular formula is C11H12BrN3O5S. The number of nitrogens with zero attached hydrogens (tertiary/aromatic N) is 2. The summed E-state index contributed by atoms with van der Waals surface area (Å²) < 4.78 is 26.5. The van der Waals surface area contributed by atoms with Crippen LogP contribution in [0.3, 0.4) is 0 Å². The number of nitrogens with one attached hydrogen (secondary N) is 1. The molecule has 1 aliphatic heterocycles. The first kappa shape index (κ1) is 15.9. The van der Waals surface area contributed by atoms with E-state index in [-0.39, 0.29) is 18.0 Å². The average Bonchev–Trinajstić information content (AvgIpc) is 2.40. The summed E-state index contributed by atoms with van der Waals surface area (Å²) in [6.07, 6.45) is 1.99. The second kappa shape index (κ2) is 6.08. The standard InChI is InChI=1S/C11H12BrN3O5S/c12-7-3-8(6-13-5-7)21(19,20)15-2-1-14-11(18)9(15)4-10(16)17/h3,5-6,9H,1-2,4H2,(H,14,18)(H,16,17). The van der Waals surface area contributed by atoms with Crippen molar-refractivity contribution < 1.29 is 23.1 Å². The molecule has 10 heteroatoms. The lowest BCUT2D eigenvalue weighted by atomic mass is 10.1. The Kier molecular flexibility index (Phi) is 4.59. The number of sulfonamides is 1. The van der Waals surface area contributed by atoms with Gasteiger partial charge in [0.2, 0.25) is 15.9 Å². The molecule has 0 aromatic carbocycles. The Hall–Kier alpha value is -1.52. The molecule has 1 aliphatic rings. The highest BCUT2D eigenvalue weighted by Gasteiger charge is 2.39. The molecule has 21 heavy (non-hydrogen) atoms. The number of hydrogen-bond acceptors (Lipinski definition) is 5. The third-order valence-corrected chi connectivity index (χ3v) is 5.24. The van der Waals surface area contributed by atoms with Crippen LogP contribution in [0, 0.1) is 0 Å². The van der Waals surface area contributed by atoms with Gasteiger partial charge in [-0.15, -0.1) is 0 Å². The molecule has 1 fully saturated rings. The molecule has 2 heterocycles. The van der Waals surface area contributed by atoms with Gasteiger partial charge in [-0.1, -0.05) is 0 Å². The summed E-state index contributed by atoms with van der Waals surface area (Å²) in [5, 5.41) is 11.3. The number of amides is 1. The number of carbonyl (C=O) groups excluding carboxylic acids is 1. The average molecular weight is 378 g/mol. The number of pyridine rings is 1. The Morgan fingerprint density at radius 1 is 1.52 bits per heavy atom. The maximum atomic E-state index is 12.6. The summed E-state index contributed by atoms with van der Waals surface area (Å²) in [5.41, 5.74) is 0. The zero-order valence-corrected chi connectivity index (χ0v) is 13.1. The van der Waals surface area contributed by atoms with Crippen molar-refractivity contribution in [2.75, 3.05) is 13.1 Å². The van der Waals surface area contributed by atoms with E-state index in [0.29, 0.717) is 4.47 Å². The Morgan fingerprint density at radius 2 is 2.24 bits per heavy atom. The van der Waals surface area contributed by atoms with E-state index in [2.05, 4.69) is 26.2 Å².